The van der Waals surface area contributed by atoms with Crippen LogP contribution in [-0.4, -0.2) is 15.8 Å². The molecule has 1 N–H and O–H groups in total. The van der Waals surface area contributed by atoms with Crippen LogP contribution in [0.15, 0.2) is 24.4 Å². The van der Waals surface area contributed by atoms with Gasteiger partial charge in [0.1, 0.15) is 5.82 Å². The maximum Gasteiger partial charge on any atom is 0.123 e. The molecule has 1 aliphatic rings. The monoisotopic (exact) mass is 287 g/mol. The van der Waals surface area contributed by atoms with Crippen molar-refractivity contribution in [2.45, 2.75) is 52.2 Å². The number of benzene rings is 1. The molecular weight excluding hydrogens is 265 g/mol. The Bertz CT molecular complexity index is 629. The standard InChI is InChI=1S/C17H22FN3/c1-3-8-21-12(2)17(11-20-21)16-9-14(18)5-4-13(16)10-19-15-6-7-15/h4-5,9,11,15,19H,3,6-8,10H2,1-2H3. The normalized spacial score (nSPS) is 14.6. The zero-order valence-corrected chi connectivity index (χ0v) is 12.7. The van der Waals surface area contributed by atoms with Gasteiger partial charge in [-0.2, -0.15) is 5.10 Å². The molecule has 112 valence electrons. The van der Waals surface area contributed by atoms with Crippen LogP contribution in [0, 0.1) is 12.7 Å². The second-order valence-electron chi connectivity index (χ2n) is 5.82. The van der Waals surface area contributed by atoms with E-state index in [1.807, 2.05) is 16.9 Å². The molecule has 3 nitrogen and oxygen atoms in total. The first-order chi connectivity index (χ1) is 10.2. The van der Waals surface area contributed by atoms with Crippen molar-refractivity contribution in [3.63, 3.8) is 0 Å². The van der Waals surface area contributed by atoms with Crippen LogP contribution in [0.1, 0.15) is 37.4 Å². The fourth-order valence-corrected chi connectivity index (χ4v) is 2.64. The van der Waals surface area contributed by atoms with Gasteiger partial charge < -0.3 is 5.32 Å². The fraction of sp³-hybridized carbons (Fsp3) is 0.471. The van der Waals surface area contributed by atoms with E-state index in [4.69, 9.17) is 0 Å². The van der Waals surface area contributed by atoms with Crippen molar-refractivity contribution in [3.8, 4) is 11.1 Å². The molecular formula is C17H22FN3. The molecule has 0 unspecified atom stereocenters. The summed E-state index contributed by atoms with van der Waals surface area (Å²) in [6.07, 6.45) is 5.41. The summed E-state index contributed by atoms with van der Waals surface area (Å²) < 4.78 is 15.7. The molecule has 1 aliphatic carbocycles. The highest BCUT2D eigenvalue weighted by Gasteiger charge is 2.21. The first kappa shape index (κ1) is 14.3. The molecule has 0 radical (unpaired) electrons. The summed E-state index contributed by atoms with van der Waals surface area (Å²) in [6.45, 7) is 5.88. The van der Waals surface area contributed by atoms with Gasteiger partial charge in [0.2, 0.25) is 0 Å². The molecule has 0 spiro atoms. The van der Waals surface area contributed by atoms with E-state index in [0.717, 1.165) is 41.9 Å². The lowest BCUT2D eigenvalue weighted by molar-refractivity contribution is 0.587. The van der Waals surface area contributed by atoms with Crippen LogP contribution in [-0.2, 0) is 13.1 Å². The quantitative estimate of drug-likeness (QED) is 0.878. The summed E-state index contributed by atoms with van der Waals surface area (Å²) in [5, 5.41) is 7.94. The molecule has 0 saturated heterocycles. The molecule has 0 aliphatic heterocycles. The van der Waals surface area contributed by atoms with E-state index in [9.17, 15) is 4.39 Å². The SMILES string of the molecule is CCCn1ncc(-c2cc(F)ccc2CNC2CC2)c1C. The molecule has 0 atom stereocenters. The van der Waals surface area contributed by atoms with Crippen molar-refractivity contribution in [2.24, 2.45) is 0 Å². The van der Waals surface area contributed by atoms with Gasteiger partial charge in [0.25, 0.3) is 0 Å². The first-order valence-electron chi connectivity index (χ1n) is 7.73. The third-order valence-corrected chi connectivity index (χ3v) is 4.06. The van der Waals surface area contributed by atoms with Gasteiger partial charge in [-0.05, 0) is 49.4 Å². The molecule has 4 heteroatoms. The average Bonchev–Trinajstić information content (AvgIpc) is 3.23. The molecule has 1 heterocycles. The van der Waals surface area contributed by atoms with Crippen molar-refractivity contribution < 1.29 is 4.39 Å². The lowest BCUT2D eigenvalue weighted by Crippen LogP contribution is -2.16. The third kappa shape index (κ3) is 3.16. The Morgan fingerprint density at radius 2 is 2.14 bits per heavy atom. The van der Waals surface area contributed by atoms with Gasteiger partial charge in [0.05, 0.1) is 6.20 Å². The average molecular weight is 287 g/mol. The van der Waals surface area contributed by atoms with E-state index in [1.54, 1.807) is 12.1 Å². The highest BCUT2D eigenvalue weighted by molar-refractivity contribution is 5.69. The molecule has 0 amide bonds. The number of rotatable bonds is 6. The number of hydrogen-bond acceptors (Lipinski definition) is 2. The number of hydrogen-bond donors (Lipinski definition) is 1. The highest BCUT2D eigenvalue weighted by Crippen LogP contribution is 2.29. The van der Waals surface area contributed by atoms with Crippen LogP contribution < -0.4 is 5.32 Å². The van der Waals surface area contributed by atoms with E-state index >= 15 is 0 Å². The maximum absolute atomic E-state index is 13.7. The van der Waals surface area contributed by atoms with Crippen LogP contribution in [0.3, 0.4) is 0 Å². The number of aryl methyl sites for hydroxylation is 1. The zero-order chi connectivity index (χ0) is 14.8. The largest absolute Gasteiger partial charge is 0.310 e. The van der Waals surface area contributed by atoms with Crippen molar-refractivity contribution in [2.75, 3.05) is 0 Å². The molecule has 1 aromatic heterocycles. The Balaban J connectivity index is 1.93. The fourth-order valence-electron chi connectivity index (χ4n) is 2.64. The summed E-state index contributed by atoms with van der Waals surface area (Å²) >= 11 is 0. The predicted molar refractivity (Wildman–Crippen MR) is 82.5 cm³/mol. The van der Waals surface area contributed by atoms with Crippen molar-refractivity contribution in [1.82, 2.24) is 15.1 Å². The minimum absolute atomic E-state index is 0.192. The number of nitrogens with one attached hydrogen (secondary N) is 1. The summed E-state index contributed by atoms with van der Waals surface area (Å²) in [6, 6.07) is 5.70. The first-order valence-corrected chi connectivity index (χ1v) is 7.73. The Morgan fingerprint density at radius 3 is 2.86 bits per heavy atom. The van der Waals surface area contributed by atoms with Gasteiger partial charge in [0.15, 0.2) is 0 Å². The third-order valence-electron chi connectivity index (χ3n) is 4.06. The molecule has 3 rings (SSSR count). The Labute approximate surface area is 125 Å². The number of nitrogens with zero attached hydrogens (tertiary/aromatic N) is 2. The topological polar surface area (TPSA) is 29.9 Å². The molecule has 21 heavy (non-hydrogen) atoms. The minimum Gasteiger partial charge on any atom is -0.310 e. The molecule has 1 fully saturated rings. The summed E-state index contributed by atoms with van der Waals surface area (Å²) in [4.78, 5) is 0. The predicted octanol–water partition coefficient (Wildman–Crippen LogP) is 3.66. The smallest absolute Gasteiger partial charge is 0.123 e. The highest BCUT2D eigenvalue weighted by atomic mass is 19.1. The van der Waals surface area contributed by atoms with E-state index in [2.05, 4.69) is 24.3 Å². The van der Waals surface area contributed by atoms with Crippen LogP contribution in [0.25, 0.3) is 11.1 Å². The van der Waals surface area contributed by atoms with Crippen molar-refractivity contribution in [3.05, 3.63) is 41.5 Å². The van der Waals surface area contributed by atoms with Gasteiger partial charge in [-0.15, -0.1) is 0 Å². The van der Waals surface area contributed by atoms with Crippen molar-refractivity contribution >= 4 is 0 Å². The van der Waals surface area contributed by atoms with E-state index < -0.39 is 0 Å². The Morgan fingerprint density at radius 1 is 1.33 bits per heavy atom. The lowest BCUT2D eigenvalue weighted by atomic mass is 10.00. The second-order valence-corrected chi connectivity index (χ2v) is 5.82. The minimum atomic E-state index is -0.192. The number of aromatic nitrogens is 2. The summed E-state index contributed by atoms with van der Waals surface area (Å²) in [5.74, 6) is -0.192. The van der Waals surface area contributed by atoms with Crippen LogP contribution in [0.4, 0.5) is 4.39 Å². The van der Waals surface area contributed by atoms with Crippen molar-refractivity contribution in [1.29, 1.82) is 0 Å². The van der Waals surface area contributed by atoms with Gasteiger partial charge in [-0.25, -0.2) is 4.39 Å². The van der Waals surface area contributed by atoms with Crippen LogP contribution in [0.5, 0.6) is 0 Å². The molecule has 1 aromatic carbocycles. The van der Waals surface area contributed by atoms with E-state index in [0.29, 0.717) is 6.04 Å². The van der Waals surface area contributed by atoms with Gasteiger partial charge in [0, 0.05) is 30.4 Å². The molecule has 1 saturated carbocycles. The van der Waals surface area contributed by atoms with Gasteiger partial charge in [-0.3, -0.25) is 4.68 Å². The maximum atomic E-state index is 13.7. The Kier molecular flexibility index (Phi) is 4.06. The lowest BCUT2D eigenvalue weighted by Gasteiger charge is -2.11. The summed E-state index contributed by atoms with van der Waals surface area (Å²) in [7, 11) is 0. The van der Waals surface area contributed by atoms with Gasteiger partial charge in [-0.1, -0.05) is 13.0 Å². The number of halogens is 1. The van der Waals surface area contributed by atoms with Gasteiger partial charge >= 0.3 is 0 Å². The van der Waals surface area contributed by atoms with E-state index in [1.165, 1.54) is 12.8 Å². The zero-order valence-electron chi connectivity index (χ0n) is 12.7. The summed E-state index contributed by atoms with van der Waals surface area (Å²) in [5.41, 5.74) is 4.25. The van der Waals surface area contributed by atoms with E-state index in [-0.39, 0.29) is 5.82 Å². The molecule has 0 bridgehead atoms. The Hall–Kier alpha value is -1.68. The second kappa shape index (κ2) is 5.98. The molecule has 2 aromatic rings. The van der Waals surface area contributed by atoms with Crippen LogP contribution >= 0.6 is 0 Å². The van der Waals surface area contributed by atoms with Crippen LogP contribution in [0.2, 0.25) is 0 Å².